The molecule has 4 heteroatoms. The Bertz CT molecular complexity index is 878. The van der Waals surface area contributed by atoms with Crippen molar-refractivity contribution >= 4 is 11.8 Å². The topological polar surface area (TPSA) is 49.4 Å². The molecule has 4 nitrogen and oxygen atoms in total. The van der Waals surface area contributed by atoms with Crippen molar-refractivity contribution in [3.05, 3.63) is 70.3 Å². The third-order valence-corrected chi connectivity index (χ3v) is 6.23. The molecule has 2 amide bonds. The van der Waals surface area contributed by atoms with Gasteiger partial charge in [-0.2, -0.15) is 0 Å². The molecule has 0 aliphatic heterocycles. The number of benzene rings is 2. The van der Waals surface area contributed by atoms with Gasteiger partial charge in [0.2, 0.25) is 11.8 Å². The minimum atomic E-state index is -0.512. The van der Waals surface area contributed by atoms with E-state index in [9.17, 15) is 9.59 Å². The van der Waals surface area contributed by atoms with Crippen LogP contribution in [0.3, 0.4) is 0 Å². The average molecular weight is 421 g/mol. The molecule has 2 aromatic carbocycles. The fraction of sp³-hybridized carbons (Fsp3) is 0.481. The summed E-state index contributed by atoms with van der Waals surface area (Å²) in [5, 5.41) is 3.20. The van der Waals surface area contributed by atoms with Crippen LogP contribution in [0, 0.1) is 20.8 Å². The summed E-state index contributed by atoms with van der Waals surface area (Å²) in [6.07, 6.45) is 5.95. The van der Waals surface area contributed by atoms with Crippen molar-refractivity contribution in [2.45, 2.75) is 84.8 Å². The summed E-state index contributed by atoms with van der Waals surface area (Å²) in [6.45, 7) is 8.43. The maximum atomic E-state index is 13.4. The van der Waals surface area contributed by atoms with E-state index in [2.05, 4.69) is 35.6 Å². The van der Waals surface area contributed by atoms with E-state index in [4.69, 9.17) is 0 Å². The standard InChI is InChI=1S/C27H36N2O2/c1-19-10-12-23(13-11-19)18-29(22(4)27(31)28-25-8-6-5-7-9-25)26(30)17-24-15-20(2)14-21(3)16-24/h10-16,22,25H,5-9,17-18H2,1-4H3,(H,28,31)/t22-/m1/s1. The third-order valence-electron chi connectivity index (χ3n) is 6.23. The van der Waals surface area contributed by atoms with Crippen molar-refractivity contribution in [1.29, 1.82) is 0 Å². The van der Waals surface area contributed by atoms with Gasteiger partial charge in [0, 0.05) is 12.6 Å². The van der Waals surface area contributed by atoms with Crippen molar-refractivity contribution in [3.63, 3.8) is 0 Å². The van der Waals surface area contributed by atoms with Crippen LogP contribution < -0.4 is 5.32 Å². The Morgan fingerprint density at radius 3 is 2.13 bits per heavy atom. The van der Waals surface area contributed by atoms with E-state index in [1.807, 2.05) is 39.8 Å². The lowest BCUT2D eigenvalue weighted by molar-refractivity contribution is -0.140. The van der Waals surface area contributed by atoms with Crippen LogP contribution in [0.2, 0.25) is 0 Å². The van der Waals surface area contributed by atoms with E-state index in [-0.39, 0.29) is 17.9 Å². The second kappa shape index (κ2) is 10.6. The van der Waals surface area contributed by atoms with E-state index in [1.165, 1.54) is 12.0 Å². The minimum absolute atomic E-state index is 0.0168. The number of carbonyl (C=O) groups excluding carboxylic acids is 2. The number of rotatable bonds is 7. The number of aryl methyl sites for hydroxylation is 3. The van der Waals surface area contributed by atoms with Gasteiger partial charge in [-0.1, -0.05) is 78.4 Å². The van der Waals surface area contributed by atoms with Gasteiger partial charge < -0.3 is 10.2 Å². The van der Waals surface area contributed by atoms with Gasteiger partial charge in [-0.25, -0.2) is 0 Å². The van der Waals surface area contributed by atoms with Gasteiger partial charge in [0.15, 0.2) is 0 Å². The summed E-state index contributed by atoms with van der Waals surface area (Å²) in [5.74, 6) is -0.0651. The average Bonchev–Trinajstić information content (AvgIpc) is 2.72. The van der Waals surface area contributed by atoms with Crippen LogP contribution in [0.15, 0.2) is 42.5 Å². The first kappa shape index (κ1) is 23.1. The van der Waals surface area contributed by atoms with Crippen LogP contribution in [-0.4, -0.2) is 28.8 Å². The Morgan fingerprint density at radius 2 is 1.52 bits per heavy atom. The Hall–Kier alpha value is -2.62. The molecule has 166 valence electrons. The summed E-state index contributed by atoms with van der Waals surface area (Å²) in [7, 11) is 0. The molecule has 1 atom stereocenters. The number of amides is 2. The van der Waals surface area contributed by atoms with E-state index in [0.717, 1.165) is 47.9 Å². The Balaban J connectivity index is 1.77. The molecule has 0 heterocycles. The van der Waals surface area contributed by atoms with Gasteiger partial charge in [-0.15, -0.1) is 0 Å². The van der Waals surface area contributed by atoms with Crippen LogP contribution in [-0.2, 0) is 22.6 Å². The molecule has 0 unspecified atom stereocenters. The molecule has 0 radical (unpaired) electrons. The van der Waals surface area contributed by atoms with E-state index < -0.39 is 6.04 Å². The molecule has 1 aliphatic carbocycles. The molecule has 0 spiro atoms. The first-order chi connectivity index (χ1) is 14.8. The van der Waals surface area contributed by atoms with Crippen LogP contribution in [0.5, 0.6) is 0 Å². The normalized spacial score (nSPS) is 15.4. The molecule has 2 aromatic rings. The van der Waals surface area contributed by atoms with Gasteiger partial charge in [0.25, 0.3) is 0 Å². The van der Waals surface area contributed by atoms with Gasteiger partial charge in [0.05, 0.1) is 6.42 Å². The van der Waals surface area contributed by atoms with E-state index in [1.54, 1.807) is 4.90 Å². The highest BCUT2D eigenvalue weighted by molar-refractivity contribution is 5.88. The molecular formula is C27H36N2O2. The van der Waals surface area contributed by atoms with Crippen LogP contribution in [0.25, 0.3) is 0 Å². The highest BCUT2D eigenvalue weighted by Crippen LogP contribution is 2.19. The van der Waals surface area contributed by atoms with E-state index >= 15 is 0 Å². The largest absolute Gasteiger partial charge is 0.352 e. The monoisotopic (exact) mass is 420 g/mol. The Labute approximate surface area is 187 Å². The minimum Gasteiger partial charge on any atom is -0.352 e. The van der Waals surface area contributed by atoms with Crippen molar-refractivity contribution in [1.82, 2.24) is 10.2 Å². The highest BCUT2D eigenvalue weighted by atomic mass is 16.2. The molecule has 1 N–H and O–H groups in total. The Morgan fingerprint density at radius 1 is 0.903 bits per heavy atom. The molecule has 0 saturated heterocycles. The number of carbonyl (C=O) groups is 2. The first-order valence-electron chi connectivity index (χ1n) is 11.5. The van der Waals surface area contributed by atoms with Crippen LogP contribution in [0.4, 0.5) is 0 Å². The molecule has 3 rings (SSSR count). The number of hydrogen-bond donors (Lipinski definition) is 1. The Kier molecular flexibility index (Phi) is 7.89. The SMILES string of the molecule is Cc1ccc(CN(C(=O)Cc2cc(C)cc(C)c2)[C@H](C)C(=O)NC2CCCCC2)cc1. The molecule has 1 fully saturated rings. The fourth-order valence-corrected chi connectivity index (χ4v) is 4.49. The quantitative estimate of drug-likeness (QED) is 0.684. The highest BCUT2D eigenvalue weighted by Gasteiger charge is 2.28. The zero-order chi connectivity index (χ0) is 22.4. The maximum Gasteiger partial charge on any atom is 0.242 e. The molecule has 1 aliphatic rings. The van der Waals surface area contributed by atoms with Crippen LogP contribution >= 0.6 is 0 Å². The van der Waals surface area contributed by atoms with Crippen molar-refractivity contribution in [3.8, 4) is 0 Å². The van der Waals surface area contributed by atoms with Gasteiger partial charge >= 0.3 is 0 Å². The van der Waals surface area contributed by atoms with Crippen molar-refractivity contribution < 1.29 is 9.59 Å². The lowest BCUT2D eigenvalue weighted by Gasteiger charge is -2.31. The van der Waals surface area contributed by atoms with Crippen LogP contribution in [0.1, 0.15) is 66.8 Å². The lowest BCUT2D eigenvalue weighted by Crippen LogP contribution is -2.50. The summed E-state index contributed by atoms with van der Waals surface area (Å²) in [5.41, 5.74) is 5.51. The summed E-state index contributed by atoms with van der Waals surface area (Å²) in [6, 6.07) is 14.1. The first-order valence-corrected chi connectivity index (χ1v) is 11.5. The molecular weight excluding hydrogens is 384 g/mol. The van der Waals surface area contributed by atoms with Crippen molar-refractivity contribution in [2.75, 3.05) is 0 Å². The summed E-state index contributed by atoms with van der Waals surface area (Å²) in [4.78, 5) is 28.2. The predicted octanol–water partition coefficient (Wildman–Crippen LogP) is 5.02. The molecule has 0 bridgehead atoms. The third kappa shape index (κ3) is 6.68. The fourth-order valence-electron chi connectivity index (χ4n) is 4.49. The summed E-state index contributed by atoms with van der Waals surface area (Å²) >= 11 is 0. The molecule has 1 saturated carbocycles. The zero-order valence-corrected chi connectivity index (χ0v) is 19.4. The van der Waals surface area contributed by atoms with Gasteiger partial charge in [-0.05, 0) is 51.7 Å². The van der Waals surface area contributed by atoms with Gasteiger partial charge in [-0.3, -0.25) is 9.59 Å². The second-order valence-corrected chi connectivity index (χ2v) is 9.20. The molecule has 31 heavy (non-hydrogen) atoms. The maximum absolute atomic E-state index is 13.4. The predicted molar refractivity (Wildman–Crippen MR) is 126 cm³/mol. The lowest BCUT2D eigenvalue weighted by atomic mass is 9.95. The van der Waals surface area contributed by atoms with Crippen molar-refractivity contribution in [2.24, 2.45) is 0 Å². The van der Waals surface area contributed by atoms with E-state index in [0.29, 0.717) is 13.0 Å². The smallest absolute Gasteiger partial charge is 0.242 e. The zero-order valence-electron chi connectivity index (χ0n) is 19.4. The van der Waals surface area contributed by atoms with Gasteiger partial charge in [0.1, 0.15) is 6.04 Å². The number of nitrogens with one attached hydrogen (secondary N) is 1. The molecule has 0 aromatic heterocycles. The second-order valence-electron chi connectivity index (χ2n) is 9.20. The number of nitrogens with zero attached hydrogens (tertiary/aromatic N) is 1. The summed E-state index contributed by atoms with van der Waals surface area (Å²) < 4.78 is 0. The number of hydrogen-bond acceptors (Lipinski definition) is 2.